The molecule has 1 saturated heterocycles. The lowest BCUT2D eigenvalue weighted by Crippen LogP contribution is -2.44. The molecule has 1 aromatic heterocycles. The number of rotatable bonds is 4. The molecular weight excluding hydrogens is 299 g/mol. The molecule has 0 radical (unpaired) electrons. The van der Waals surface area contributed by atoms with Gasteiger partial charge in [-0.15, -0.1) is 0 Å². The van der Waals surface area contributed by atoms with E-state index in [9.17, 15) is 13.2 Å². The van der Waals surface area contributed by atoms with Crippen molar-refractivity contribution in [2.45, 2.75) is 24.6 Å². The molecule has 0 aliphatic carbocycles. The Hall–Kier alpha value is -1.85. The van der Waals surface area contributed by atoms with E-state index in [1.807, 2.05) is 6.07 Å². The van der Waals surface area contributed by atoms with Crippen LogP contribution in [0, 0.1) is 11.3 Å². The van der Waals surface area contributed by atoms with Crippen molar-refractivity contribution >= 4 is 5.82 Å². The predicted octanol–water partition coefficient (Wildman–Crippen LogP) is 2.58. The first kappa shape index (κ1) is 16.5. The summed E-state index contributed by atoms with van der Waals surface area (Å²) in [6.45, 7) is 1.31. The van der Waals surface area contributed by atoms with E-state index in [2.05, 4.69) is 10.3 Å². The molecule has 1 N–H and O–H groups in total. The lowest BCUT2D eigenvalue weighted by Gasteiger charge is -2.36. The minimum Gasteiger partial charge on any atom is -0.381 e. The van der Waals surface area contributed by atoms with Gasteiger partial charge in [0.15, 0.2) is 0 Å². The van der Waals surface area contributed by atoms with Gasteiger partial charge in [-0.25, -0.2) is 4.98 Å². The maximum Gasteiger partial charge on any atom is 0.433 e. The molecule has 5 nitrogen and oxygen atoms in total. The van der Waals surface area contributed by atoms with Crippen LogP contribution in [0.1, 0.15) is 24.1 Å². The number of hydrogen-bond donors (Lipinski definition) is 1. The monoisotopic (exact) mass is 315 g/mol. The Morgan fingerprint density at radius 2 is 2.09 bits per heavy atom. The minimum absolute atomic E-state index is 0.0614. The quantitative estimate of drug-likeness (QED) is 0.925. The number of aromatic nitrogens is 1. The number of halogens is 3. The SMILES string of the molecule is COC1(CNc2nc(C(F)(F)F)ccc2C#N)CCOCC1. The van der Waals surface area contributed by atoms with Gasteiger partial charge in [0.25, 0.3) is 0 Å². The second-order valence-corrected chi connectivity index (χ2v) is 5.06. The normalized spacial score (nSPS) is 17.8. The molecule has 1 fully saturated rings. The lowest BCUT2D eigenvalue weighted by molar-refractivity contribution is -0.141. The van der Waals surface area contributed by atoms with Gasteiger partial charge in [-0.2, -0.15) is 18.4 Å². The highest BCUT2D eigenvalue weighted by Gasteiger charge is 2.35. The van der Waals surface area contributed by atoms with E-state index < -0.39 is 17.5 Å². The molecule has 8 heteroatoms. The van der Waals surface area contributed by atoms with Gasteiger partial charge < -0.3 is 14.8 Å². The third-order valence-electron chi connectivity index (χ3n) is 3.72. The number of nitriles is 1. The van der Waals surface area contributed by atoms with Gasteiger partial charge in [-0.3, -0.25) is 0 Å². The highest BCUT2D eigenvalue weighted by molar-refractivity contribution is 5.52. The summed E-state index contributed by atoms with van der Waals surface area (Å²) in [5.41, 5.74) is -1.50. The van der Waals surface area contributed by atoms with Crippen LogP contribution in [-0.2, 0) is 15.7 Å². The maximum absolute atomic E-state index is 12.7. The Labute approximate surface area is 126 Å². The Morgan fingerprint density at radius 3 is 2.64 bits per heavy atom. The van der Waals surface area contributed by atoms with Crippen molar-refractivity contribution in [3.63, 3.8) is 0 Å². The molecule has 0 amide bonds. The number of methoxy groups -OCH3 is 1. The third kappa shape index (κ3) is 3.67. The van der Waals surface area contributed by atoms with Crippen LogP contribution in [0.5, 0.6) is 0 Å². The zero-order chi connectivity index (χ0) is 16.2. The molecule has 2 rings (SSSR count). The van der Waals surface area contributed by atoms with Crippen molar-refractivity contribution < 1.29 is 22.6 Å². The average Bonchev–Trinajstić information content (AvgIpc) is 2.52. The fraction of sp³-hybridized carbons (Fsp3) is 0.571. The lowest BCUT2D eigenvalue weighted by atomic mass is 9.94. The fourth-order valence-corrected chi connectivity index (χ4v) is 2.28. The van der Waals surface area contributed by atoms with E-state index in [0.717, 1.165) is 12.1 Å². The molecule has 2 heterocycles. The van der Waals surface area contributed by atoms with Crippen molar-refractivity contribution in [3.05, 3.63) is 23.4 Å². The summed E-state index contributed by atoms with van der Waals surface area (Å²) < 4.78 is 48.9. The molecule has 22 heavy (non-hydrogen) atoms. The first-order valence-corrected chi connectivity index (χ1v) is 6.75. The van der Waals surface area contributed by atoms with Crippen LogP contribution in [0.3, 0.4) is 0 Å². The molecule has 1 aliphatic heterocycles. The van der Waals surface area contributed by atoms with Crippen LogP contribution in [0.25, 0.3) is 0 Å². The van der Waals surface area contributed by atoms with E-state index in [1.165, 1.54) is 0 Å². The summed E-state index contributed by atoms with van der Waals surface area (Å²) in [6, 6.07) is 3.74. The number of anilines is 1. The molecule has 0 unspecified atom stereocenters. The third-order valence-corrected chi connectivity index (χ3v) is 3.72. The van der Waals surface area contributed by atoms with E-state index in [0.29, 0.717) is 26.1 Å². The largest absolute Gasteiger partial charge is 0.433 e. The van der Waals surface area contributed by atoms with Gasteiger partial charge in [0, 0.05) is 39.7 Å². The zero-order valence-electron chi connectivity index (χ0n) is 12.0. The van der Waals surface area contributed by atoms with Crippen LogP contribution in [0.4, 0.5) is 19.0 Å². The summed E-state index contributed by atoms with van der Waals surface area (Å²) in [5, 5.41) is 11.8. The van der Waals surface area contributed by atoms with E-state index >= 15 is 0 Å². The van der Waals surface area contributed by atoms with Gasteiger partial charge >= 0.3 is 6.18 Å². The first-order valence-electron chi connectivity index (χ1n) is 6.75. The topological polar surface area (TPSA) is 67.2 Å². The Kier molecular flexibility index (Phi) is 4.88. The van der Waals surface area contributed by atoms with Gasteiger partial charge in [0.2, 0.25) is 0 Å². The molecule has 0 atom stereocenters. The molecule has 0 bridgehead atoms. The number of nitrogens with zero attached hydrogens (tertiary/aromatic N) is 2. The molecule has 0 aromatic carbocycles. The van der Waals surface area contributed by atoms with E-state index in [4.69, 9.17) is 14.7 Å². The summed E-state index contributed by atoms with van der Waals surface area (Å²) >= 11 is 0. The zero-order valence-corrected chi connectivity index (χ0v) is 12.0. The predicted molar refractivity (Wildman–Crippen MR) is 72.2 cm³/mol. The van der Waals surface area contributed by atoms with Crippen molar-refractivity contribution in [3.8, 4) is 6.07 Å². The number of hydrogen-bond acceptors (Lipinski definition) is 5. The Bertz CT molecular complexity index is 563. The second-order valence-electron chi connectivity index (χ2n) is 5.06. The van der Waals surface area contributed by atoms with Crippen LogP contribution in [0.2, 0.25) is 0 Å². The summed E-state index contributed by atoms with van der Waals surface area (Å²) in [5.74, 6) is -0.0831. The minimum atomic E-state index is -4.55. The number of pyridine rings is 1. The van der Waals surface area contributed by atoms with Gasteiger partial charge in [0.05, 0.1) is 11.2 Å². The number of ether oxygens (including phenoxy) is 2. The van der Waals surface area contributed by atoms with Crippen molar-refractivity contribution in [2.75, 3.05) is 32.2 Å². The molecule has 1 aromatic rings. The molecule has 1 aliphatic rings. The van der Waals surface area contributed by atoms with E-state index in [-0.39, 0.29) is 17.9 Å². The van der Waals surface area contributed by atoms with Gasteiger partial charge in [0.1, 0.15) is 17.6 Å². The van der Waals surface area contributed by atoms with Crippen LogP contribution >= 0.6 is 0 Å². The Morgan fingerprint density at radius 1 is 1.41 bits per heavy atom. The molecule has 120 valence electrons. The summed E-state index contributed by atoms with van der Waals surface area (Å²) in [7, 11) is 1.55. The molecule has 0 saturated carbocycles. The molecule has 0 spiro atoms. The van der Waals surface area contributed by atoms with Crippen LogP contribution in [0.15, 0.2) is 12.1 Å². The number of nitrogens with one attached hydrogen (secondary N) is 1. The van der Waals surface area contributed by atoms with Crippen molar-refractivity contribution in [2.24, 2.45) is 0 Å². The fourth-order valence-electron chi connectivity index (χ4n) is 2.28. The van der Waals surface area contributed by atoms with E-state index in [1.54, 1.807) is 7.11 Å². The van der Waals surface area contributed by atoms with Crippen molar-refractivity contribution in [1.29, 1.82) is 5.26 Å². The standard InChI is InChI=1S/C14H16F3N3O2/c1-21-13(4-6-22-7-5-13)9-19-12-10(8-18)2-3-11(20-12)14(15,16)17/h2-3H,4-7,9H2,1H3,(H,19,20). The second kappa shape index (κ2) is 6.50. The maximum atomic E-state index is 12.7. The number of alkyl halides is 3. The average molecular weight is 315 g/mol. The van der Waals surface area contributed by atoms with Gasteiger partial charge in [-0.05, 0) is 12.1 Å². The summed E-state index contributed by atoms with van der Waals surface area (Å²) in [4.78, 5) is 3.52. The summed E-state index contributed by atoms with van der Waals surface area (Å²) in [6.07, 6.45) is -3.31. The smallest absolute Gasteiger partial charge is 0.381 e. The van der Waals surface area contributed by atoms with Crippen LogP contribution in [-0.4, -0.2) is 37.5 Å². The first-order chi connectivity index (χ1) is 10.4. The highest BCUT2D eigenvalue weighted by atomic mass is 19.4. The highest BCUT2D eigenvalue weighted by Crippen LogP contribution is 2.30. The molecular formula is C14H16F3N3O2. The van der Waals surface area contributed by atoms with Crippen LogP contribution < -0.4 is 5.32 Å². The van der Waals surface area contributed by atoms with Gasteiger partial charge in [-0.1, -0.05) is 0 Å². The van der Waals surface area contributed by atoms with Crippen molar-refractivity contribution in [1.82, 2.24) is 4.98 Å². The Balaban J connectivity index is 2.19.